The van der Waals surface area contributed by atoms with Gasteiger partial charge in [0.25, 0.3) is 0 Å². The molecule has 0 heterocycles. The fraction of sp³-hybridized carbons (Fsp3) is 0. The molecule has 0 aromatic rings. The second-order valence-electron chi connectivity index (χ2n) is 0.577. The average Bonchev–Trinajstić information content (AvgIpc) is 1.30. The molecule has 0 atom stereocenters. The minimum Gasteiger partial charge on any atom is -0.729 e. The first-order valence-corrected chi connectivity index (χ1v) is 3.10. The molecule has 0 fully saturated rings. The summed E-state index contributed by atoms with van der Waals surface area (Å²) < 4.78 is 39.0. The summed E-state index contributed by atoms with van der Waals surface area (Å²) in [6, 6.07) is 0. The van der Waals surface area contributed by atoms with E-state index < -0.39 is 21.8 Å². The molecule has 5 nitrogen and oxygen atoms in total. The van der Waals surface area contributed by atoms with Crippen LogP contribution in [0.15, 0.2) is 3.77 Å². The summed E-state index contributed by atoms with van der Waals surface area (Å²) in [5.41, 5.74) is 0. The molecule has 42 valence electrons. The number of nitrogens with zero attached hydrogens (tertiary/aromatic N) is 1. The van der Waals surface area contributed by atoms with Crippen LogP contribution in [0, 0.1) is 0 Å². The monoisotopic (exact) mass is 142 g/mol. The van der Waals surface area contributed by atoms with E-state index in [4.69, 9.17) is 4.21 Å². The lowest BCUT2D eigenvalue weighted by Gasteiger charge is -1.89. The highest BCUT2D eigenvalue weighted by molar-refractivity contribution is 7.88. The Hall–Kier alpha value is -0.270. The van der Waals surface area contributed by atoms with E-state index in [1.54, 1.807) is 0 Å². The largest absolute Gasteiger partial charge is 0.729 e. The molecule has 0 bridgehead atoms. The molecule has 0 aromatic carbocycles. The molecule has 7 heavy (non-hydrogen) atoms. The van der Waals surface area contributed by atoms with Gasteiger partial charge in [-0.2, -0.15) is 4.21 Å². The molecule has 7 heteroatoms. The van der Waals surface area contributed by atoms with Gasteiger partial charge in [0.1, 0.15) is 0 Å². The maximum Gasteiger partial charge on any atom is 0.215 e. The molecule has 0 saturated carbocycles. The van der Waals surface area contributed by atoms with Crippen LogP contribution in [0.25, 0.3) is 0 Å². The van der Waals surface area contributed by atoms with Crippen LogP contribution in [0.1, 0.15) is 0 Å². The fourth-order valence-corrected chi connectivity index (χ4v) is 0.335. The lowest BCUT2D eigenvalue weighted by Crippen LogP contribution is -1.87. The summed E-state index contributed by atoms with van der Waals surface area (Å²) >= 11 is -0.617. The van der Waals surface area contributed by atoms with Gasteiger partial charge in [0.15, 0.2) is 0 Å². The van der Waals surface area contributed by atoms with Crippen molar-refractivity contribution in [3.63, 3.8) is 0 Å². The normalized spacial score (nSPS) is 10.4. The quantitative estimate of drug-likeness (QED) is 0.432. The van der Waals surface area contributed by atoms with Crippen LogP contribution in [0.2, 0.25) is 0 Å². The highest BCUT2D eigenvalue weighted by atomic mass is 32.3. The summed E-state index contributed by atoms with van der Waals surface area (Å²) in [5, 5.41) is 0. The van der Waals surface area contributed by atoms with Crippen molar-refractivity contribution in [1.82, 2.24) is 0 Å². The van der Waals surface area contributed by atoms with E-state index in [0.29, 0.717) is 0 Å². The van der Waals surface area contributed by atoms with Crippen molar-refractivity contribution in [3.05, 3.63) is 0 Å². The Bertz CT molecular complexity index is 182. The molecule has 0 aliphatic carbocycles. The van der Waals surface area contributed by atoms with Gasteiger partial charge in [-0.1, -0.05) is 3.77 Å². The molecule has 0 aromatic heterocycles. The molecule has 0 aliphatic rings. The predicted molar refractivity (Wildman–Crippen MR) is 20.3 cm³/mol. The van der Waals surface area contributed by atoms with Gasteiger partial charge in [-0.3, -0.25) is 0 Å². The molecular weight excluding hydrogens is 142 g/mol. The van der Waals surface area contributed by atoms with Crippen molar-refractivity contribution < 1.29 is 17.2 Å². The third kappa shape index (κ3) is 5.73. The van der Waals surface area contributed by atoms with Crippen LogP contribution in [0.5, 0.6) is 0 Å². The average molecular weight is 142 g/mol. The van der Waals surface area contributed by atoms with Crippen LogP contribution in [-0.2, 0) is 21.8 Å². The molecule has 0 N–H and O–H groups in total. The van der Waals surface area contributed by atoms with Gasteiger partial charge in [-0.05, 0) is 0 Å². The Labute approximate surface area is 43.5 Å². The number of rotatable bonds is 1. The van der Waals surface area contributed by atoms with E-state index >= 15 is 0 Å². The minimum absolute atomic E-state index is 0.617. The highest BCUT2D eigenvalue weighted by Crippen LogP contribution is 1.76. The topological polar surface area (TPSA) is 86.6 Å². The van der Waals surface area contributed by atoms with Crippen molar-refractivity contribution >= 4 is 21.8 Å². The van der Waals surface area contributed by atoms with E-state index in [0.717, 1.165) is 0 Å². The Morgan fingerprint density at radius 1 is 1.57 bits per heavy atom. The molecule has 0 aliphatic heterocycles. The fourth-order valence-electron chi connectivity index (χ4n) is 0.0373. The first-order chi connectivity index (χ1) is 3.06. The van der Waals surface area contributed by atoms with Crippen LogP contribution in [0.4, 0.5) is 0 Å². The lowest BCUT2D eigenvalue weighted by atomic mass is 13.9. The zero-order valence-corrected chi connectivity index (χ0v) is 4.53. The number of hydrogen-bond donors (Lipinski definition) is 0. The van der Waals surface area contributed by atoms with Gasteiger partial charge in [0.2, 0.25) is 21.8 Å². The van der Waals surface area contributed by atoms with Gasteiger partial charge >= 0.3 is 0 Å². The summed E-state index contributed by atoms with van der Waals surface area (Å²) in [6.07, 6.45) is 0. The van der Waals surface area contributed by atoms with Gasteiger partial charge in [-0.25, -0.2) is 8.42 Å². The summed E-state index contributed by atoms with van der Waals surface area (Å²) in [6.45, 7) is 0. The van der Waals surface area contributed by atoms with Crippen molar-refractivity contribution in [2.24, 2.45) is 3.77 Å². The lowest BCUT2D eigenvalue weighted by molar-refractivity contribution is 0.466. The first kappa shape index (κ1) is 6.73. The van der Waals surface area contributed by atoms with E-state index in [9.17, 15) is 13.0 Å². The number of hydrogen-bond acceptors (Lipinski definition) is 4. The van der Waals surface area contributed by atoms with E-state index in [-0.39, 0.29) is 0 Å². The van der Waals surface area contributed by atoms with Crippen LogP contribution >= 0.6 is 0 Å². The highest BCUT2D eigenvalue weighted by Gasteiger charge is 1.79. The Morgan fingerprint density at radius 2 is 2.00 bits per heavy atom. The standard InChI is InChI=1S/HNO4S2/c2-6-1-7(3,4)5/h(H,3,4,5)/p-1. The van der Waals surface area contributed by atoms with Gasteiger partial charge in [0, 0.05) is 0 Å². The van der Waals surface area contributed by atoms with E-state index in [2.05, 4.69) is 0 Å². The van der Waals surface area contributed by atoms with Crippen LogP contribution < -0.4 is 0 Å². The van der Waals surface area contributed by atoms with Crippen LogP contribution in [-0.4, -0.2) is 17.2 Å². The van der Waals surface area contributed by atoms with E-state index in [1.807, 2.05) is 3.77 Å². The molecule has 0 saturated heterocycles. The Balaban J connectivity index is 4.44. The molecule has 0 rings (SSSR count). The van der Waals surface area contributed by atoms with Gasteiger partial charge < -0.3 is 4.55 Å². The van der Waals surface area contributed by atoms with E-state index in [1.165, 1.54) is 0 Å². The third-order valence-electron chi connectivity index (χ3n) is 0.122. The molecule has 0 spiro atoms. The molecule has 0 amide bonds. The smallest absolute Gasteiger partial charge is 0.215 e. The van der Waals surface area contributed by atoms with Crippen molar-refractivity contribution in [3.8, 4) is 0 Å². The third-order valence-corrected chi connectivity index (χ3v) is 1.10. The van der Waals surface area contributed by atoms with Crippen molar-refractivity contribution in [1.29, 1.82) is 0 Å². The van der Waals surface area contributed by atoms with Crippen molar-refractivity contribution in [2.75, 3.05) is 0 Å². The Morgan fingerprint density at radius 3 is 2.00 bits per heavy atom. The van der Waals surface area contributed by atoms with Crippen LogP contribution in [0.3, 0.4) is 0 Å². The van der Waals surface area contributed by atoms with Crippen molar-refractivity contribution in [2.45, 2.75) is 0 Å². The van der Waals surface area contributed by atoms with Gasteiger partial charge in [0.05, 0.1) is 0 Å². The summed E-state index contributed by atoms with van der Waals surface area (Å²) in [5.74, 6) is 0. The minimum atomic E-state index is -4.65. The molecular formula is NO4S2-. The SMILES string of the molecule is O=S=NS(=O)(=O)[O-]. The Kier molecular flexibility index (Phi) is 2.06. The zero-order chi connectivity index (χ0) is 5.91. The predicted octanol–water partition coefficient (Wildman–Crippen LogP) is -1.16. The molecule has 0 unspecified atom stereocenters. The second kappa shape index (κ2) is 2.15. The summed E-state index contributed by atoms with van der Waals surface area (Å²) in [7, 11) is -4.65. The second-order valence-corrected chi connectivity index (χ2v) is 2.18. The van der Waals surface area contributed by atoms with Gasteiger partial charge in [-0.15, -0.1) is 0 Å². The molecule has 0 radical (unpaired) electrons. The maximum absolute atomic E-state index is 9.29. The first-order valence-electron chi connectivity index (χ1n) is 1.03. The zero-order valence-electron chi connectivity index (χ0n) is 2.90. The maximum atomic E-state index is 9.29. The summed E-state index contributed by atoms with van der Waals surface area (Å²) in [4.78, 5) is 0.